The smallest absolute Gasteiger partial charge is 0.224 e. The Hall–Kier alpha value is -1.91. The van der Waals surface area contributed by atoms with E-state index in [0.29, 0.717) is 10.6 Å². The first-order chi connectivity index (χ1) is 10.0. The van der Waals surface area contributed by atoms with Gasteiger partial charge in [0.15, 0.2) is 0 Å². The maximum absolute atomic E-state index is 12.8. The van der Waals surface area contributed by atoms with Crippen molar-refractivity contribution in [1.29, 1.82) is 0 Å². The van der Waals surface area contributed by atoms with Crippen molar-refractivity contribution in [2.24, 2.45) is 0 Å². The molecule has 0 saturated heterocycles. The number of aliphatic hydroxyl groups is 1. The molecule has 0 heterocycles. The monoisotopic (exact) mass is 307 g/mol. The molecule has 1 amide bonds. The van der Waals surface area contributed by atoms with Gasteiger partial charge in [-0.2, -0.15) is 0 Å². The van der Waals surface area contributed by atoms with Crippen molar-refractivity contribution < 1.29 is 14.3 Å². The van der Waals surface area contributed by atoms with E-state index in [4.69, 9.17) is 11.6 Å². The highest BCUT2D eigenvalue weighted by molar-refractivity contribution is 6.30. The molecule has 2 aromatic rings. The predicted molar refractivity (Wildman–Crippen MR) is 79.5 cm³/mol. The summed E-state index contributed by atoms with van der Waals surface area (Å²) >= 11 is 5.77. The van der Waals surface area contributed by atoms with Crippen molar-refractivity contribution in [3.05, 3.63) is 70.5 Å². The number of hydrogen-bond acceptors (Lipinski definition) is 2. The van der Waals surface area contributed by atoms with Gasteiger partial charge in [0.05, 0.1) is 12.5 Å². The highest BCUT2D eigenvalue weighted by Gasteiger charge is 2.10. The third-order valence-electron chi connectivity index (χ3n) is 3.03. The maximum Gasteiger partial charge on any atom is 0.224 e. The van der Waals surface area contributed by atoms with E-state index < -0.39 is 6.10 Å². The second kappa shape index (κ2) is 7.20. The summed E-state index contributed by atoms with van der Waals surface area (Å²) in [7, 11) is 0. The van der Waals surface area contributed by atoms with Gasteiger partial charge in [-0.05, 0) is 35.4 Å². The molecule has 0 aliphatic carbocycles. The van der Waals surface area contributed by atoms with Crippen LogP contribution in [0.1, 0.15) is 17.2 Å². The summed E-state index contributed by atoms with van der Waals surface area (Å²) < 4.78 is 12.8. The molecule has 2 N–H and O–H groups in total. The van der Waals surface area contributed by atoms with E-state index >= 15 is 0 Å². The molecule has 0 fully saturated rings. The Bertz CT molecular complexity index is 599. The molecule has 21 heavy (non-hydrogen) atoms. The van der Waals surface area contributed by atoms with Crippen LogP contribution in [0.25, 0.3) is 0 Å². The number of carbonyl (C=O) groups excluding carboxylic acids is 1. The van der Waals surface area contributed by atoms with Gasteiger partial charge in [0, 0.05) is 11.6 Å². The molecule has 0 bridgehead atoms. The first kappa shape index (κ1) is 15.5. The summed E-state index contributed by atoms with van der Waals surface area (Å²) in [5, 5.41) is 13.2. The largest absolute Gasteiger partial charge is 0.387 e. The first-order valence-corrected chi connectivity index (χ1v) is 6.87. The number of halogens is 2. The lowest BCUT2D eigenvalue weighted by atomic mass is 10.1. The molecule has 0 aromatic heterocycles. The molecule has 2 rings (SSSR count). The van der Waals surface area contributed by atoms with E-state index in [-0.39, 0.29) is 24.7 Å². The average Bonchev–Trinajstić information content (AvgIpc) is 2.48. The van der Waals surface area contributed by atoms with Crippen LogP contribution in [0.4, 0.5) is 4.39 Å². The number of hydrogen-bond donors (Lipinski definition) is 2. The highest BCUT2D eigenvalue weighted by Crippen LogP contribution is 2.15. The fraction of sp³-hybridized carbons (Fsp3) is 0.188. The van der Waals surface area contributed by atoms with Crippen LogP contribution >= 0.6 is 11.6 Å². The molecular weight excluding hydrogens is 293 g/mol. The van der Waals surface area contributed by atoms with Gasteiger partial charge < -0.3 is 10.4 Å². The van der Waals surface area contributed by atoms with E-state index in [0.717, 1.165) is 5.56 Å². The summed E-state index contributed by atoms with van der Waals surface area (Å²) in [6.07, 6.45) is -0.646. The summed E-state index contributed by atoms with van der Waals surface area (Å²) in [6.45, 7) is 0.113. The Balaban J connectivity index is 1.83. The van der Waals surface area contributed by atoms with E-state index in [1.807, 2.05) is 0 Å². The Morgan fingerprint density at radius 2 is 1.76 bits per heavy atom. The molecular formula is C16H15ClFNO2. The molecule has 3 nitrogen and oxygen atoms in total. The van der Waals surface area contributed by atoms with E-state index in [1.165, 1.54) is 12.1 Å². The zero-order valence-electron chi connectivity index (χ0n) is 11.2. The lowest BCUT2D eigenvalue weighted by Crippen LogP contribution is -2.29. The summed E-state index contributed by atoms with van der Waals surface area (Å²) in [6, 6.07) is 12.5. The molecule has 0 aliphatic heterocycles. The zero-order chi connectivity index (χ0) is 15.2. The van der Waals surface area contributed by atoms with Gasteiger partial charge in [0.1, 0.15) is 5.82 Å². The van der Waals surface area contributed by atoms with Gasteiger partial charge in [0.25, 0.3) is 0 Å². The van der Waals surface area contributed by atoms with Crippen LogP contribution < -0.4 is 5.32 Å². The number of carbonyl (C=O) groups is 1. The van der Waals surface area contributed by atoms with Crippen molar-refractivity contribution in [2.75, 3.05) is 6.54 Å². The lowest BCUT2D eigenvalue weighted by molar-refractivity contribution is -0.120. The third kappa shape index (κ3) is 4.85. The Morgan fingerprint density at radius 3 is 2.38 bits per heavy atom. The zero-order valence-corrected chi connectivity index (χ0v) is 12.0. The minimum Gasteiger partial charge on any atom is -0.387 e. The molecule has 2 aromatic carbocycles. The minimum absolute atomic E-state index is 0.113. The fourth-order valence-corrected chi connectivity index (χ4v) is 1.99. The van der Waals surface area contributed by atoms with Gasteiger partial charge in [-0.15, -0.1) is 0 Å². The number of amides is 1. The van der Waals surface area contributed by atoms with Crippen LogP contribution in [0.5, 0.6) is 0 Å². The van der Waals surface area contributed by atoms with Gasteiger partial charge >= 0.3 is 0 Å². The molecule has 5 heteroatoms. The fourth-order valence-electron chi connectivity index (χ4n) is 1.86. The highest BCUT2D eigenvalue weighted by atomic mass is 35.5. The van der Waals surface area contributed by atoms with Crippen LogP contribution in [0.15, 0.2) is 48.5 Å². The van der Waals surface area contributed by atoms with Crippen molar-refractivity contribution in [1.82, 2.24) is 5.32 Å². The van der Waals surface area contributed by atoms with Crippen LogP contribution in [-0.2, 0) is 11.2 Å². The Labute approximate surface area is 127 Å². The van der Waals surface area contributed by atoms with Gasteiger partial charge in [0.2, 0.25) is 5.91 Å². The average molecular weight is 308 g/mol. The van der Waals surface area contributed by atoms with E-state index in [9.17, 15) is 14.3 Å². The second-order valence-corrected chi connectivity index (χ2v) is 5.11. The quantitative estimate of drug-likeness (QED) is 0.892. The topological polar surface area (TPSA) is 49.3 Å². The summed E-state index contributed by atoms with van der Waals surface area (Å²) in [5.74, 6) is -0.563. The predicted octanol–water partition coefficient (Wildman–Crippen LogP) is 2.87. The van der Waals surface area contributed by atoms with E-state index in [2.05, 4.69) is 5.32 Å². The van der Waals surface area contributed by atoms with Crippen molar-refractivity contribution in [3.8, 4) is 0 Å². The standard InChI is InChI=1S/C16H15ClFNO2/c17-13-5-3-12(4-6-13)15(20)10-19-16(21)9-11-1-7-14(18)8-2-11/h1-8,15,20H,9-10H2,(H,19,21). The first-order valence-electron chi connectivity index (χ1n) is 6.49. The number of benzene rings is 2. The van der Waals surface area contributed by atoms with Crippen LogP contribution in [0, 0.1) is 5.82 Å². The number of nitrogens with one attached hydrogen (secondary N) is 1. The number of rotatable bonds is 5. The summed E-state index contributed by atoms with van der Waals surface area (Å²) in [4.78, 5) is 11.8. The van der Waals surface area contributed by atoms with Gasteiger partial charge in [-0.25, -0.2) is 4.39 Å². The van der Waals surface area contributed by atoms with Gasteiger partial charge in [-0.1, -0.05) is 35.9 Å². The Kier molecular flexibility index (Phi) is 5.31. The molecule has 0 aliphatic rings. The molecule has 1 atom stereocenters. The van der Waals surface area contributed by atoms with Crippen molar-refractivity contribution >= 4 is 17.5 Å². The molecule has 110 valence electrons. The van der Waals surface area contributed by atoms with Crippen molar-refractivity contribution in [3.63, 3.8) is 0 Å². The Morgan fingerprint density at radius 1 is 1.14 bits per heavy atom. The molecule has 0 radical (unpaired) electrons. The van der Waals surface area contributed by atoms with Crippen LogP contribution in [-0.4, -0.2) is 17.6 Å². The molecule has 0 spiro atoms. The third-order valence-corrected chi connectivity index (χ3v) is 3.28. The number of aliphatic hydroxyl groups excluding tert-OH is 1. The second-order valence-electron chi connectivity index (χ2n) is 4.67. The maximum atomic E-state index is 12.8. The van der Waals surface area contributed by atoms with Crippen LogP contribution in [0.2, 0.25) is 5.02 Å². The van der Waals surface area contributed by atoms with Crippen LogP contribution in [0.3, 0.4) is 0 Å². The summed E-state index contributed by atoms with van der Waals surface area (Å²) in [5.41, 5.74) is 1.40. The normalized spacial score (nSPS) is 12.0. The molecule has 1 unspecified atom stereocenters. The molecule has 0 saturated carbocycles. The van der Waals surface area contributed by atoms with Crippen molar-refractivity contribution in [2.45, 2.75) is 12.5 Å². The SMILES string of the molecule is O=C(Cc1ccc(F)cc1)NCC(O)c1ccc(Cl)cc1. The minimum atomic E-state index is -0.792. The van der Waals surface area contributed by atoms with E-state index in [1.54, 1.807) is 36.4 Å². The van der Waals surface area contributed by atoms with Gasteiger partial charge in [-0.3, -0.25) is 4.79 Å². The lowest BCUT2D eigenvalue weighted by Gasteiger charge is -2.12.